The molecule has 0 aromatic rings. The van der Waals surface area contributed by atoms with Gasteiger partial charge < -0.3 is 26.2 Å². The second kappa shape index (κ2) is 13.3. The summed E-state index contributed by atoms with van der Waals surface area (Å²) in [4.78, 5) is 16.0. The van der Waals surface area contributed by atoms with Crippen LogP contribution >= 0.6 is 0 Å². The van der Waals surface area contributed by atoms with Gasteiger partial charge in [-0.1, -0.05) is 19.3 Å². The van der Waals surface area contributed by atoms with E-state index in [1.165, 1.54) is 77.3 Å². The summed E-state index contributed by atoms with van der Waals surface area (Å²) in [7, 11) is 0. The van der Waals surface area contributed by atoms with Gasteiger partial charge in [0.15, 0.2) is 0 Å². The maximum absolute atomic E-state index is 13.7. The van der Waals surface area contributed by atoms with Gasteiger partial charge in [0.25, 0.3) is 0 Å². The highest BCUT2D eigenvalue weighted by Crippen LogP contribution is 2.31. The molecule has 0 spiro atoms. The van der Waals surface area contributed by atoms with Crippen molar-refractivity contribution >= 4 is 5.91 Å². The Morgan fingerprint density at radius 2 is 1.53 bits per heavy atom. The number of carbonyl (C=O) groups is 1. The second-order valence-electron chi connectivity index (χ2n) is 11.0. The van der Waals surface area contributed by atoms with Gasteiger partial charge in [0.2, 0.25) is 5.91 Å². The lowest BCUT2D eigenvalue weighted by atomic mass is 9.79. The van der Waals surface area contributed by atoms with Gasteiger partial charge in [-0.25, -0.2) is 0 Å². The van der Waals surface area contributed by atoms with Crippen molar-refractivity contribution in [3.05, 3.63) is 0 Å². The molecule has 4 N–H and O–H groups in total. The Labute approximate surface area is 196 Å². The van der Waals surface area contributed by atoms with Crippen molar-refractivity contribution in [2.45, 2.75) is 89.1 Å². The number of piperidine rings is 2. The molecule has 1 saturated carbocycles. The lowest BCUT2D eigenvalue weighted by molar-refractivity contribution is -0.140. The molecule has 0 bridgehead atoms. The molecule has 5 atom stereocenters. The van der Waals surface area contributed by atoms with E-state index in [2.05, 4.69) is 26.2 Å². The fraction of sp³-hybridized carbons (Fsp3) is 0.962. The summed E-state index contributed by atoms with van der Waals surface area (Å²) in [6.07, 6.45) is 14.9. The minimum atomic E-state index is 0.194. The van der Waals surface area contributed by atoms with Crippen LogP contribution in [0, 0.1) is 17.8 Å². The van der Waals surface area contributed by atoms with Gasteiger partial charge in [0.05, 0.1) is 5.92 Å². The van der Waals surface area contributed by atoms with Crippen molar-refractivity contribution in [1.29, 1.82) is 0 Å². The third-order valence-corrected chi connectivity index (χ3v) is 8.53. The van der Waals surface area contributed by atoms with Gasteiger partial charge in [0.1, 0.15) is 0 Å². The molecule has 1 amide bonds. The molecule has 1 aliphatic carbocycles. The van der Waals surface area contributed by atoms with Crippen LogP contribution in [0.25, 0.3) is 0 Å². The average Bonchev–Trinajstić information content (AvgIpc) is 2.84. The molecule has 32 heavy (non-hydrogen) atoms. The van der Waals surface area contributed by atoms with E-state index in [1.54, 1.807) is 0 Å². The lowest BCUT2D eigenvalue weighted by Crippen LogP contribution is -2.55. The van der Waals surface area contributed by atoms with E-state index in [0.717, 1.165) is 58.0 Å². The molecule has 0 aromatic carbocycles. The number of amides is 1. The standard InChI is InChI=1S/C26H49N5O/c32-26(22-9-7-14-29-19-22)31-15-5-3-1-2-4-12-28-20-23-16-24(10-11-25(23)31)30-18-21-8-6-13-27-17-21/h21-25,27-30H,1-20H2. The molecule has 5 unspecified atom stereocenters. The fourth-order valence-electron chi connectivity index (χ4n) is 6.58. The van der Waals surface area contributed by atoms with Crippen molar-refractivity contribution in [2.75, 3.05) is 52.4 Å². The smallest absolute Gasteiger partial charge is 0.227 e. The number of rotatable bonds is 4. The minimum absolute atomic E-state index is 0.194. The predicted octanol–water partition coefficient (Wildman–Crippen LogP) is 2.49. The van der Waals surface area contributed by atoms with E-state index in [9.17, 15) is 4.79 Å². The van der Waals surface area contributed by atoms with Crippen LogP contribution in [0.3, 0.4) is 0 Å². The largest absolute Gasteiger partial charge is 0.339 e. The van der Waals surface area contributed by atoms with E-state index in [-0.39, 0.29) is 5.92 Å². The Balaban J connectivity index is 1.39. The summed E-state index contributed by atoms with van der Waals surface area (Å²) in [6.45, 7) is 8.65. The highest BCUT2D eigenvalue weighted by molar-refractivity contribution is 5.79. The van der Waals surface area contributed by atoms with Crippen LogP contribution in [-0.2, 0) is 4.79 Å². The Bertz CT molecular complexity index is 546. The molecule has 0 radical (unpaired) electrons. The SMILES string of the molecule is O=C(C1CCCNC1)N1CCCCCCCNCC2CC(NCC3CCCNC3)CCC21. The first-order chi connectivity index (χ1) is 15.8. The van der Waals surface area contributed by atoms with Gasteiger partial charge in [-0.15, -0.1) is 0 Å². The summed E-state index contributed by atoms with van der Waals surface area (Å²) in [5.74, 6) is 2.00. The molecule has 184 valence electrons. The zero-order chi connectivity index (χ0) is 22.0. The highest BCUT2D eigenvalue weighted by atomic mass is 16.2. The fourth-order valence-corrected chi connectivity index (χ4v) is 6.58. The van der Waals surface area contributed by atoms with Crippen LogP contribution < -0.4 is 21.3 Å². The van der Waals surface area contributed by atoms with Crippen molar-refractivity contribution in [2.24, 2.45) is 17.8 Å². The lowest BCUT2D eigenvalue weighted by Gasteiger charge is -2.45. The summed E-state index contributed by atoms with van der Waals surface area (Å²) in [6, 6.07) is 1.03. The molecule has 3 heterocycles. The molecule has 0 aromatic heterocycles. The third kappa shape index (κ3) is 7.15. The summed E-state index contributed by atoms with van der Waals surface area (Å²) >= 11 is 0. The maximum Gasteiger partial charge on any atom is 0.227 e. The molecule has 6 nitrogen and oxygen atoms in total. The van der Waals surface area contributed by atoms with Crippen LogP contribution in [0.5, 0.6) is 0 Å². The van der Waals surface area contributed by atoms with Crippen LogP contribution in [-0.4, -0.2) is 75.2 Å². The second-order valence-corrected chi connectivity index (χ2v) is 11.0. The topological polar surface area (TPSA) is 68.4 Å². The van der Waals surface area contributed by atoms with Crippen LogP contribution in [0.4, 0.5) is 0 Å². The Morgan fingerprint density at radius 1 is 0.781 bits per heavy atom. The van der Waals surface area contributed by atoms with Crippen molar-refractivity contribution in [1.82, 2.24) is 26.2 Å². The van der Waals surface area contributed by atoms with Gasteiger partial charge >= 0.3 is 0 Å². The first kappa shape index (κ1) is 24.4. The van der Waals surface area contributed by atoms with Crippen LogP contribution in [0.1, 0.15) is 77.0 Å². The zero-order valence-corrected chi connectivity index (χ0v) is 20.4. The van der Waals surface area contributed by atoms with E-state index >= 15 is 0 Å². The number of fused-ring (bicyclic) bond motifs is 1. The van der Waals surface area contributed by atoms with Crippen molar-refractivity contribution < 1.29 is 4.79 Å². The number of hydrogen-bond acceptors (Lipinski definition) is 5. The molecule has 4 fully saturated rings. The molecular weight excluding hydrogens is 398 g/mol. The third-order valence-electron chi connectivity index (χ3n) is 8.53. The number of hydrogen-bond donors (Lipinski definition) is 4. The van der Waals surface area contributed by atoms with Gasteiger partial charge in [-0.3, -0.25) is 4.79 Å². The Morgan fingerprint density at radius 3 is 2.34 bits per heavy atom. The Hall–Kier alpha value is -0.690. The van der Waals surface area contributed by atoms with E-state index in [0.29, 0.717) is 23.9 Å². The molecule has 3 aliphatic heterocycles. The molecular formula is C26H49N5O. The van der Waals surface area contributed by atoms with Gasteiger partial charge in [0, 0.05) is 25.2 Å². The zero-order valence-electron chi connectivity index (χ0n) is 20.4. The van der Waals surface area contributed by atoms with E-state index < -0.39 is 0 Å². The first-order valence-electron chi connectivity index (χ1n) is 14.0. The number of nitrogens with zero attached hydrogens (tertiary/aromatic N) is 1. The predicted molar refractivity (Wildman–Crippen MR) is 132 cm³/mol. The van der Waals surface area contributed by atoms with Gasteiger partial charge in [-0.2, -0.15) is 0 Å². The van der Waals surface area contributed by atoms with Crippen LogP contribution in [0.15, 0.2) is 0 Å². The minimum Gasteiger partial charge on any atom is -0.339 e. The van der Waals surface area contributed by atoms with Crippen molar-refractivity contribution in [3.8, 4) is 0 Å². The summed E-state index contributed by atoms with van der Waals surface area (Å²) < 4.78 is 0. The maximum atomic E-state index is 13.7. The molecule has 4 rings (SSSR count). The van der Waals surface area contributed by atoms with Crippen LogP contribution in [0.2, 0.25) is 0 Å². The molecule has 4 aliphatic rings. The van der Waals surface area contributed by atoms with E-state index in [1.807, 2.05) is 0 Å². The first-order valence-corrected chi connectivity index (χ1v) is 14.0. The highest BCUT2D eigenvalue weighted by Gasteiger charge is 2.38. The quantitative estimate of drug-likeness (QED) is 0.533. The number of nitrogens with one attached hydrogen (secondary N) is 4. The molecule has 6 heteroatoms. The Kier molecular flexibility index (Phi) is 10.1. The van der Waals surface area contributed by atoms with Crippen molar-refractivity contribution in [3.63, 3.8) is 0 Å². The number of carbonyl (C=O) groups excluding carboxylic acids is 1. The van der Waals surface area contributed by atoms with E-state index in [4.69, 9.17) is 0 Å². The summed E-state index contributed by atoms with van der Waals surface area (Å²) in [5.41, 5.74) is 0. The normalized spacial score (nSPS) is 35.9. The average molecular weight is 448 g/mol. The molecule has 3 saturated heterocycles. The summed E-state index contributed by atoms with van der Waals surface area (Å²) in [5, 5.41) is 14.7. The monoisotopic (exact) mass is 447 g/mol. The van der Waals surface area contributed by atoms with Gasteiger partial charge in [-0.05, 0) is 109 Å².